The van der Waals surface area contributed by atoms with Crippen LogP contribution in [0.25, 0.3) is 10.8 Å². The number of carbonyl (C=O) groups excluding carboxylic acids is 1. The van der Waals surface area contributed by atoms with Crippen LogP contribution in [0, 0.1) is 5.92 Å². The Balaban J connectivity index is 1.80. The van der Waals surface area contributed by atoms with Crippen molar-refractivity contribution in [3.63, 3.8) is 0 Å². The smallest absolute Gasteiger partial charge is 0.253 e. The van der Waals surface area contributed by atoms with E-state index >= 15 is 0 Å². The zero-order chi connectivity index (χ0) is 14.1. The molecule has 1 heterocycles. The molecule has 1 saturated heterocycles. The van der Waals surface area contributed by atoms with Crippen molar-refractivity contribution in [3.8, 4) is 0 Å². The Labute approximate surface area is 126 Å². The van der Waals surface area contributed by atoms with Crippen molar-refractivity contribution in [3.05, 3.63) is 40.9 Å². The number of nitrogens with one attached hydrogen (secondary N) is 1. The van der Waals surface area contributed by atoms with Crippen LogP contribution in [-0.2, 0) is 9.53 Å². The third-order valence-corrected chi connectivity index (χ3v) is 4.21. The van der Waals surface area contributed by atoms with Gasteiger partial charge in [-0.25, -0.2) is 0 Å². The van der Waals surface area contributed by atoms with E-state index in [1.165, 1.54) is 0 Å². The first-order chi connectivity index (χ1) is 9.63. The predicted molar refractivity (Wildman–Crippen MR) is 83.8 cm³/mol. The van der Waals surface area contributed by atoms with Crippen LogP contribution in [0.15, 0.2) is 40.9 Å². The Morgan fingerprint density at radius 3 is 2.75 bits per heavy atom. The van der Waals surface area contributed by atoms with Crippen molar-refractivity contribution in [1.29, 1.82) is 0 Å². The van der Waals surface area contributed by atoms with Crippen LogP contribution >= 0.6 is 15.9 Å². The van der Waals surface area contributed by atoms with E-state index in [1.807, 2.05) is 30.3 Å². The largest absolute Gasteiger partial charge is 0.368 e. The van der Waals surface area contributed by atoms with Gasteiger partial charge in [-0.2, -0.15) is 0 Å². The van der Waals surface area contributed by atoms with Gasteiger partial charge >= 0.3 is 0 Å². The highest BCUT2D eigenvalue weighted by atomic mass is 79.9. The van der Waals surface area contributed by atoms with Crippen LogP contribution < -0.4 is 5.32 Å². The fourth-order valence-electron chi connectivity index (χ4n) is 2.54. The van der Waals surface area contributed by atoms with Gasteiger partial charge in [0.2, 0.25) is 0 Å². The van der Waals surface area contributed by atoms with E-state index in [9.17, 15) is 4.79 Å². The van der Waals surface area contributed by atoms with Crippen LogP contribution in [0.1, 0.15) is 13.3 Å². The minimum Gasteiger partial charge on any atom is -0.368 e. The number of hydrogen-bond donors (Lipinski definition) is 1. The highest BCUT2D eigenvalue weighted by molar-refractivity contribution is 9.10. The molecule has 0 bridgehead atoms. The molecule has 4 heteroatoms. The summed E-state index contributed by atoms with van der Waals surface area (Å²) < 4.78 is 6.54. The van der Waals surface area contributed by atoms with Crippen LogP contribution in [0.5, 0.6) is 0 Å². The summed E-state index contributed by atoms with van der Waals surface area (Å²) in [5.74, 6) is 0.234. The molecule has 1 aliphatic heterocycles. The molecule has 1 aliphatic rings. The lowest BCUT2D eigenvalue weighted by molar-refractivity contribution is -0.126. The lowest BCUT2D eigenvalue weighted by Crippen LogP contribution is -2.31. The summed E-state index contributed by atoms with van der Waals surface area (Å²) in [5, 5.41) is 5.19. The molecule has 0 aromatic heterocycles. The maximum atomic E-state index is 12.2. The van der Waals surface area contributed by atoms with Gasteiger partial charge in [0.05, 0.1) is 0 Å². The van der Waals surface area contributed by atoms with E-state index in [1.54, 1.807) is 0 Å². The Morgan fingerprint density at radius 1 is 1.25 bits per heavy atom. The zero-order valence-electron chi connectivity index (χ0n) is 11.2. The highest BCUT2D eigenvalue weighted by Crippen LogP contribution is 2.25. The van der Waals surface area contributed by atoms with E-state index in [2.05, 4.69) is 34.2 Å². The van der Waals surface area contributed by atoms with E-state index < -0.39 is 0 Å². The summed E-state index contributed by atoms with van der Waals surface area (Å²) in [6.45, 7) is 2.72. The molecule has 0 spiro atoms. The van der Waals surface area contributed by atoms with Crippen LogP contribution in [0.4, 0.5) is 5.69 Å². The fraction of sp³-hybridized carbons (Fsp3) is 0.312. The second kappa shape index (κ2) is 5.54. The maximum Gasteiger partial charge on any atom is 0.253 e. The third-order valence-electron chi connectivity index (χ3n) is 3.72. The third kappa shape index (κ3) is 2.72. The Morgan fingerprint density at radius 2 is 2.00 bits per heavy atom. The van der Waals surface area contributed by atoms with Crippen LogP contribution in [-0.4, -0.2) is 18.6 Å². The molecular weight excluding hydrogens is 318 g/mol. The highest BCUT2D eigenvalue weighted by Gasteiger charge is 2.30. The van der Waals surface area contributed by atoms with Gasteiger partial charge < -0.3 is 10.1 Å². The quantitative estimate of drug-likeness (QED) is 0.903. The van der Waals surface area contributed by atoms with Gasteiger partial charge in [-0.15, -0.1) is 0 Å². The number of fused-ring (bicyclic) bond motifs is 1. The number of hydrogen-bond acceptors (Lipinski definition) is 2. The molecule has 20 heavy (non-hydrogen) atoms. The van der Waals surface area contributed by atoms with Gasteiger partial charge in [0.15, 0.2) is 0 Å². The maximum absolute atomic E-state index is 12.2. The number of ether oxygens (including phenoxy) is 1. The van der Waals surface area contributed by atoms with Crippen molar-refractivity contribution < 1.29 is 9.53 Å². The van der Waals surface area contributed by atoms with Gasteiger partial charge in [-0.05, 0) is 47.4 Å². The van der Waals surface area contributed by atoms with Crippen molar-refractivity contribution in [2.24, 2.45) is 5.92 Å². The number of carbonyl (C=O) groups is 1. The molecule has 1 amide bonds. The summed E-state index contributed by atoms with van der Waals surface area (Å²) in [4.78, 5) is 12.2. The first-order valence-electron chi connectivity index (χ1n) is 6.75. The molecule has 2 unspecified atom stereocenters. The molecule has 0 radical (unpaired) electrons. The van der Waals surface area contributed by atoms with Gasteiger partial charge in [-0.3, -0.25) is 4.79 Å². The summed E-state index contributed by atoms with van der Waals surface area (Å²) >= 11 is 3.46. The molecule has 2 aromatic carbocycles. The second-order valence-electron chi connectivity index (χ2n) is 5.25. The number of halogens is 1. The minimum atomic E-state index is -0.324. The molecule has 104 valence electrons. The summed E-state index contributed by atoms with van der Waals surface area (Å²) in [7, 11) is 0. The average molecular weight is 334 g/mol. The zero-order valence-corrected chi connectivity index (χ0v) is 12.8. The molecular formula is C16H16BrNO2. The van der Waals surface area contributed by atoms with Crippen molar-refractivity contribution >= 4 is 38.3 Å². The summed E-state index contributed by atoms with van der Waals surface area (Å²) in [6.07, 6.45) is 0.625. The van der Waals surface area contributed by atoms with Gasteiger partial charge in [-0.1, -0.05) is 35.0 Å². The topological polar surface area (TPSA) is 38.3 Å². The SMILES string of the molecule is CC1CCOC1C(=O)Nc1ccc2cc(Br)ccc2c1. The summed E-state index contributed by atoms with van der Waals surface area (Å²) in [6, 6.07) is 12.0. The molecule has 0 aliphatic carbocycles. The normalized spacial score (nSPS) is 22.1. The second-order valence-corrected chi connectivity index (χ2v) is 6.17. The van der Waals surface area contributed by atoms with Crippen LogP contribution in [0.2, 0.25) is 0 Å². The molecule has 0 saturated carbocycles. The average Bonchev–Trinajstić information content (AvgIpc) is 2.85. The molecule has 3 nitrogen and oxygen atoms in total. The fourth-order valence-corrected chi connectivity index (χ4v) is 2.92. The lowest BCUT2D eigenvalue weighted by atomic mass is 10.0. The first kappa shape index (κ1) is 13.6. The predicted octanol–water partition coefficient (Wildman–Crippen LogP) is 3.97. The molecule has 2 atom stereocenters. The van der Waals surface area contributed by atoms with E-state index in [-0.39, 0.29) is 17.9 Å². The van der Waals surface area contributed by atoms with Crippen molar-refractivity contribution in [2.45, 2.75) is 19.4 Å². The van der Waals surface area contributed by atoms with Gasteiger partial charge in [0, 0.05) is 16.8 Å². The molecule has 1 N–H and O–H groups in total. The van der Waals surface area contributed by atoms with Crippen LogP contribution in [0.3, 0.4) is 0 Å². The number of anilines is 1. The monoisotopic (exact) mass is 333 g/mol. The molecule has 3 rings (SSSR count). The minimum absolute atomic E-state index is 0.0496. The van der Waals surface area contributed by atoms with E-state index in [0.717, 1.165) is 27.4 Å². The lowest BCUT2D eigenvalue weighted by Gasteiger charge is -2.14. The number of rotatable bonds is 2. The number of amides is 1. The van der Waals surface area contributed by atoms with E-state index in [4.69, 9.17) is 4.74 Å². The summed E-state index contributed by atoms with van der Waals surface area (Å²) in [5.41, 5.74) is 0.813. The Hall–Kier alpha value is -1.39. The standard InChI is InChI=1S/C16H16BrNO2/c1-10-6-7-20-15(10)16(19)18-14-5-3-11-8-13(17)4-2-12(11)9-14/h2-5,8-10,15H,6-7H2,1H3,(H,18,19). The van der Waals surface area contributed by atoms with Crippen molar-refractivity contribution in [1.82, 2.24) is 0 Å². The molecule has 1 fully saturated rings. The Kier molecular flexibility index (Phi) is 3.76. The van der Waals surface area contributed by atoms with Gasteiger partial charge in [0.25, 0.3) is 5.91 Å². The number of benzene rings is 2. The molecule has 2 aromatic rings. The first-order valence-corrected chi connectivity index (χ1v) is 7.54. The Bertz CT molecular complexity index is 656. The van der Waals surface area contributed by atoms with Gasteiger partial charge in [0.1, 0.15) is 6.10 Å². The van der Waals surface area contributed by atoms with Crippen molar-refractivity contribution in [2.75, 3.05) is 11.9 Å². The van der Waals surface area contributed by atoms with E-state index in [0.29, 0.717) is 6.61 Å².